The standard InChI is InChI=1S/C15H16BrNO.ClH/c1-17-10-13-7-8-15(14(16)9-13)18-11-12-5-3-2-4-6-12;/h2-9,17H,10-11H2,1H3;1H. The van der Waals surface area contributed by atoms with Gasteiger partial charge >= 0.3 is 0 Å². The van der Waals surface area contributed by atoms with Gasteiger partial charge in [0, 0.05) is 6.54 Å². The summed E-state index contributed by atoms with van der Waals surface area (Å²) in [7, 11) is 1.94. The highest BCUT2D eigenvalue weighted by Crippen LogP contribution is 2.26. The molecule has 1 N–H and O–H groups in total. The number of hydrogen-bond donors (Lipinski definition) is 1. The molecule has 0 radical (unpaired) electrons. The molecule has 0 aliphatic heterocycles. The average Bonchev–Trinajstić information content (AvgIpc) is 2.39. The lowest BCUT2D eigenvalue weighted by Gasteiger charge is -2.09. The fraction of sp³-hybridized carbons (Fsp3) is 0.200. The highest BCUT2D eigenvalue weighted by atomic mass is 79.9. The van der Waals surface area contributed by atoms with Crippen LogP contribution in [0.15, 0.2) is 53.0 Å². The van der Waals surface area contributed by atoms with Crippen molar-refractivity contribution in [3.05, 3.63) is 64.1 Å². The Balaban J connectivity index is 0.00000180. The molecule has 102 valence electrons. The molecule has 2 rings (SSSR count). The monoisotopic (exact) mass is 341 g/mol. The van der Waals surface area contributed by atoms with Crippen LogP contribution in [0.3, 0.4) is 0 Å². The maximum atomic E-state index is 5.79. The van der Waals surface area contributed by atoms with Gasteiger partial charge in [-0.15, -0.1) is 12.4 Å². The molecule has 0 aliphatic rings. The van der Waals surface area contributed by atoms with Gasteiger partial charge in [-0.1, -0.05) is 36.4 Å². The summed E-state index contributed by atoms with van der Waals surface area (Å²) in [6.45, 7) is 1.45. The topological polar surface area (TPSA) is 21.3 Å². The quantitative estimate of drug-likeness (QED) is 0.880. The Labute approximate surface area is 128 Å². The molecule has 0 bridgehead atoms. The zero-order valence-corrected chi connectivity index (χ0v) is 13.1. The van der Waals surface area contributed by atoms with E-state index in [1.165, 1.54) is 11.1 Å². The van der Waals surface area contributed by atoms with E-state index in [0.29, 0.717) is 6.61 Å². The van der Waals surface area contributed by atoms with Crippen molar-refractivity contribution >= 4 is 28.3 Å². The van der Waals surface area contributed by atoms with Gasteiger partial charge in [-0.2, -0.15) is 0 Å². The molecule has 0 fully saturated rings. The van der Waals surface area contributed by atoms with Gasteiger partial charge in [-0.3, -0.25) is 0 Å². The minimum absolute atomic E-state index is 0. The summed E-state index contributed by atoms with van der Waals surface area (Å²) in [4.78, 5) is 0. The van der Waals surface area contributed by atoms with E-state index in [1.807, 2.05) is 31.3 Å². The van der Waals surface area contributed by atoms with Gasteiger partial charge in [-0.25, -0.2) is 0 Å². The average molecular weight is 343 g/mol. The zero-order chi connectivity index (χ0) is 12.8. The van der Waals surface area contributed by atoms with Crippen molar-refractivity contribution in [2.45, 2.75) is 13.2 Å². The Kier molecular flexibility index (Phi) is 6.92. The number of benzene rings is 2. The zero-order valence-electron chi connectivity index (χ0n) is 10.7. The first-order chi connectivity index (χ1) is 8.79. The summed E-state index contributed by atoms with van der Waals surface area (Å²) in [6, 6.07) is 16.3. The van der Waals surface area contributed by atoms with E-state index in [9.17, 15) is 0 Å². The third-order valence-electron chi connectivity index (χ3n) is 2.61. The molecule has 0 aliphatic carbocycles. The van der Waals surface area contributed by atoms with Gasteiger partial charge < -0.3 is 10.1 Å². The lowest BCUT2D eigenvalue weighted by molar-refractivity contribution is 0.304. The lowest BCUT2D eigenvalue weighted by Crippen LogP contribution is -2.05. The molecule has 0 saturated carbocycles. The molecule has 4 heteroatoms. The van der Waals surface area contributed by atoms with Crippen LogP contribution in [0.2, 0.25) is 0 Å². The molecule has 0 amide bonds. The number of hydrogen-bond acceptors (Lipinski definition) is 2. The highest BCUT2D eigenvalue weighted by molar-refractivity contribution is 9.10. The second kappa shape index (κ2) is 8.20. The van der Waals surface area contributed by atoms with E-state index >= 15 is 0 Å². The molecular weight excluding hydrogens is 326 g/mol. The van der Waals surface area contributed by atoms with Crippen LogP contribution in [-0.2, 0) is 13.2 Å². The molecule has 0 atom stereocenters. The van der Waals surface area contributed by atoms with Crippen molar-refractivity contribution in [3.63, 3.8) is 0 Å². The fourth-order valence-corrected chi connectivity index (χ4v) is 2.25. The van der Waals surface area contributed by atoms with Crippen LogP contribution >= 0.6 is 28.3 Å². The van der Waals surface area contributed by atoms with E-state index in [2.05, 4.69) is 45.5 Å². The van der Waals surface area contributed by atoms with E-state index in [1.54, 1.807) is 0 Å². The molecule has 2 nitrogen and oxygen atoms in total. The SMILES string of the molecule is CNCc1ccc(OCc2ccccc2)c(Br)c1.Cl. The minimum Gasteiger partial charge on any atom is -0.488 e. The van der Waals surface area contributed by atoms with Gasteiger partial charge in [0.05, 0.1) is 4.47 Å². The maximum Gasteiger partial charge on any atom is 0.134 e. The second-order valence-corrected chi connectivity index (χ2v) is 4.92. The molecule has 0 aromatic heterocycles. The first-order valence-electron chi connectivity index (χ1n) is 5.89. The van der Waals surface area contributed by atoms with Gasteiger partial charge in [0.2, 0.25) is 0 Å². The summed E-state index contributed by atoms with van der Waals surface area (Å²) < 4.78 is 6.78. The largest absolute Gasteiger partial charge is 0.488 e. The van der Waals surface area contributed by atoms with Gasteiger partial charge in [-0.05, 0) is 46.2 Å². The van der Waals surface area contributed by atoms with Crippen LogP contribution in [0.25, 0.3) is 0 Å². The summed E-state index contributed by atoms with van der Waals surface area (Å²) in [5.74, 6) is 0.874. The van der Waals surface area contributed by atoms with E-state index in [0.717, 1.165) is 16.8 Å². The van der Waals surface area contributed by atoms with Crippen molar-refractivity contribution < 1.29 is 4.74 Å². The van der Waals surface area contributed by atoms with Crippen molar-refractivity contribution in [1.82, 2.24) is 5.32 Å². The van der Waals surface area contributed by atoms with Gasteiger partial charge in [0.1, 0.15) is 12.4 Å². The van der Waals surface area contributed by atoms with E-state index < -0.39 is 0 Å². The van der Waals surface area contributed by atoms with Crippen molar-refractivity contribution in [3.8, 4) is 5.75 Å². The van der Waals surface area contributed by atoms with Crippen LogP contribution in [0.1, 0.15) is 11.1 Å². The van der Waals surface area contributed by atoms with Gasteiger partial charge in [0.25, 0.3) is 0 Å². The molecule has 0 spiro atoms. The van der Waals surface area contributed by atoms with Crippen LogP contribution in [0, 0.1) is 0 Å². The lowest BCUT2D eigenvalue weighted by atomic mass is 10.2. The molecule has 0 saturated heterocycles. The summed E-state index contributed by atoms with van der Waals surface area (Å²) in [6.07, 6.45) is 0. The third kappa shape index (κ3) is 4.86. The Hall–Kier alpha value is -1.03. The van der Waals surface area contributed by atoms with E-state index in [-0.39, 0.29) is 12.4 Å². The fourth-order valence-electron chi connectivity index (χ4n) is 1.71. The van der Waals surface area contributed by atoms with Crippen molar-refractivity contribution in [1.29, 1.82) is 0 Å². The Morgan fingerprint density at radius 2 is 1.79 bits per heavy atom. The summed E-state index contributed by atoms with van der Waals surface area (Å²) in [5.41, 5.74) is 2.40. The van der Waals surface area contributed by atoms with Crippen LogP contribution in [0.5, 0.6) is 5.75 Å². The molecule has 0 heterocycles. The van der Waals surface area contributed by atoms with Crippen LogP contribution in [-0.4, -0.2) is 7.05 Å². The molecule has 2 aromatic rings. The predicted octanol–water partition coefficient (Wildman–Crippen LogP) is 4.17. The van der Waals surface area contributed by atoms with Crippen molar-refractivity contribution in [2.75, 3.05) is 7.05 Å². The normalized spacial score (nSPS) is 9.79. The maximum absolute atomic E-state index is 5.79. The first-order valence-corrected chi connectivity index (χ1v) is 6.68. The molecule has 19 heavy (non-hydrogen) atoms. The smallest absolute Gasteiger partial charge is 0.134 e. The highest BCUT2D eigenvalue weighted by Gasteiger charge is 2.02. The van der Waals surface area contributed by atoms with Gasteiger partial charge in [0.15, 0.2) is 0 Å². The number of ether oxygens (including phenoxy) is 1. The Bertz CT molecular complexity index is 505. The molecular formula is C15H17BrClNO. The Morgan fingerprint density at radius 3 is 2.42 bits per heavy atom. The van der Waals surface area contributed by atoms with Crippen LogP contribution in [0.4, 0.5) is 0 Å². The van der Waals surface area contributed by atoms with Crippen molar-refractivity contribution in [2.24, 2.45) is 0 Å². The summed E-state index contributed by atoms with van der Waals surface area (Å²) >= 11 is 3.54. The number of rotatable bonds is 5. The molecule has 2 aromatic carbocycles. The minimum atomic E-state index is 0. The predicted molar refractivity (Wildman–Crippen MR) is 84.9 cm³/mol. The van der Waals surface area contributed by atoms with E-state index in [4.69, 9.17) is 4.74 Å². The number of halogens is 2. The Morgan fingerprint density at radius 1 is 1.05 bits per heavy atom. The number of nitrogens with one attached hydrogen (secondary N) is 1. The molecule has 0 unspecified atom stereocenters. The second-order valence-electron chi connectivity index (χ2n) is 4.07. The van der Waals surface area contributed by atoms with Crippen LogP contribution < -0.4 is 10.1 Å². The third-order valence-corrected chi connectivity index (χ3v) is 3.23. The summed E-state index contributed by atoms with van der Waals surface area (Å²) in [5, 5.41) is 3.13. The first kappa shape index (κ1) is 16.0.